The van der Waals surface area contributed by atoms with Gasteiger partial charge in [-0.15, -0.1) is 0 Å². The molecule has 6 nitrogen and oxygen atoms in total. The van der Waals surface area contributed by atoms with Gasteiger partial charge in [-0.2, -0.15) is 0 Å². The summed E-state index contributed by atoms with van der Waals surface area (Å²) in [7, 11) is 0. The van der Waals surface area contributed by atoms with E-state index in [0.717, 1.165) is 103 Å². The highest BCUT2D eigenvalue weighted by Crippen LogP contribution is 2.14. The first-order valence-corrected chi connectivity index (χ1v) is 27.4. The van der Waals surface area contributed by atoms with Crippen molar-refractivity contribution < 1.29 is 28.6 Å². The van der Waals surface area contributed by atoms with E-state index in [9.17, 15) is 14.4 Å². The lowest BCUT2D eigenvalue weighted by Gasteiger charge is -2.18. The van der Waals surface area contributed by atoms with Crippen LogP contribution in [-0.4, -0.2) is 37.2 Å². The minimum Gasteiger partial charge on any atom is -0.462 e. The molecule has 1 atom stereocenters. The fraction of sp³-hybridized carbons (Fsp3) is 0.746. The van der Waals surface area contributed by atoms with E-state index in [0.29, 0.717) is 19.3 Å². The Kier molecular flexibility index (Phi) is 50.9. The van der Waals surface area contributed by atoms with Crippen LogP contribution in [0.4, 0.5) is 0 Å². The average Bonchev–Trinajstić information content (AvgIpc) is 3.30. The van der Waals surface area contributed by atoms with Gasteiger partial charge in [-0.25, -0.2) is 0 Å². The zero-order chi connectivity index (χ0) is 47.2. The molecule has 0 N–H and O–H groups in total. The molecule has 0 aliphatic heterocycles. The highest BCUT2D eigenvalue weighted by molar-refractivity contribution is 5.71. The van der Waals surface area contributed by atoms with Gasteiger partial charge in [-0.1, -0.05) is 203 Å². The molecule has 0 aromatic rings. The van der Waals surface area contributed by atoms with Crippen molar-refractivity contribution in [2.24, 2.45) is 0 Å². The molecule has 0 unspecified atom stereocenters. The van der Waals surface area contributed by atoms with Crippen molar-refractivity contribution >= 4 is 17.9 Å². The van der Waals surface area contributed by atoms with Gasteiger partial charge in [0, 0.05) is 19.3 Å². The van der Waals surface area contributed by atoms with Crippen molar-refractivity contribution in [1.29, 1.82) is 0 Å². The van der Waals surface area contributed by atoms with Crippen molar-refractivity contribution in [3.8, 4) is 0 Å². The second-order valence-electron chi connectivity index (χ2n) is 18.1. The van der Waals surface area contributed by atoms with E-state index in [2.05, 4.69) is 93.7 Å². The van der Waals surface area contributed by atoms with Crippen LogP contribution >= 0.6 is 0 Å². The zero-order valence-corrected chi connectivity index (χ0v) is 42.7. The quantitative estimate of drug-likeness (QED) is 0.0262. The number of hydrogen-bond donors (Lipinski definition) is 0. The molecule has 0 heterocycles. The largest absolute Gasteiger partial charge is 0.462 e. The van der Waals surface area contributed by atoms with Crippen LogP contribution in [0.5, 0.6) is 0 Å². The topological polar surface area (TPSA) is 78.9 Å². The number of allylic oxidation sites excluding steroid dienone is 12. The van der Waals surface area contributed by atoms with Gasteiger partial charge in [0.15, 0.2) is 6.10 Å². The molecule has 0 saturated heterocycles. The summed E-state index contributed by atoms with van der Waals surface area (Å²) in [6, 6.07) is 0. The first-order chi connectivity index (χ1) is 32.0. The lowest BCUT2D eigenvalue weighted by Crippen LogP contribution is -2.30. The number of unbranched alkanes of at least 4 members (excludes halogenated alkanes) is 26. The third kappa shape index (κ3) is 51.7. The molecule has 0 amide bonds. The first kappa shape index (κ1) is 61.9. The van der Waals surface area contributed by atoms with Crippen LogP contribution in [0.2, 0.25) is 0 Å². The molecule has 0 aromatic heterocycles. The highest BCUT2D eigenvalue weighted by atomic mass is 16.6. The van der Waals surface area contributed by atoms with Crippen LogP contribution in [0.3, 0.4) is 0 Å². The Morgan fingerprint density at radius 1 is 0.308 bits per heavy atom. The molecule has 0 aliphatic carbocycles. The SMILES string of the molecule is CCCCC/C=C\C/C=C\C/C=C\CCCCCCC(=O)OC[C@@H](COC(=O)CCCCCCC/C=C\CCCCCC)OC(=O)CCCCCCCCC/C=C\C/C=C\CCCCC. The molecule has 0 rings (SSSR count). The Balaban J connectivity index is 4.44. The maximum Gasteiger partial charge on any atom is 0.306 e. The van der Waals surface area contributed by atoms with Crippen LogP contribution in [0.25, 0.3) is 0 Å². The zero-order valence-electron chi connectivity index (χ0n) is 42.7. The number of esters is 3. The summed E-state index contributed by atoms with van der Waals surface area (Å²) in [5.74, 6) is -0.924. The monoisotopic (exact) mass is 907 g/mol. The Morgan fingerprint density at radius 2 is 0.554 bits per heavy atom. The van der Waals surface area contributed by atoms with Crippen LogP contribution in [0, 0.1) is 0 Å². The molecule has 374 valence electrons. The Morgan fingerprint density at radius 3 is 0.908 bits per heavy atom. The maximum absolute atomic E-state index is 12.8. The highest BCUT2D eigenvalue weighted by Gasteiger charge is 2.19. The molecule has 0 aliphatic rings. The van der Waals surface area contributed by atoms with E-state index in [-0.39, 0.29) is 31.1 Å². The van der Waals surface area contributed by atoms with Gasteiger partial charge in [-0.3, -0.25) is 14.4 Å². The maximum atomic E-state index is 12.8. The number of hydrogen-bond acceptors (Lipinski definition) is 6. The normalized spacial score (nSPS) is 12.6. The molecule has 0 spiro atoms. The van der Waals surface area contributed by atoms with E-state index in [1.807, 2.05) is 0 Å². The van der Waals surface area contributed by atoms with Gasteiger partial charge < -0.3 is 14.2 Å². The smallest absolute Gasteiger partial charge is 0.306 e. The molecule has 6 heteroatoms. The summed E-state index contributed by atoms with van der Waals surface area (Å²) in [5, 5.41) is 0. The number of rotatable bonds is 49. The minimum absolute atomic E-state index is 0.0902. The summed E-state index contributed by atoms with van der Waals surface area (Å²) in [6.07, 6.45) is 67.3. The second kappa shape index (κ2) is 53.5. The molecule has 0 aromatic carbocycles. The van der Waals surface area contributed by atoms with E-state index < -0.39 is 6.10 Å². The van der Waals surface area contributed by atoms with Crippen molar-refractivity contribution in [1.82, 2.24) is 0 Å². The van der Waals surface area contributed by atoms with Gasteiger partial charge in [0.2, 0.25) is 0 Å². The van der Waals surface area contributed by atoms with Crippen molar-refractivity contribution in [2.75, 3.05) is 13.2 Å². The van der Waals surface area contributed by atoms with Crippen molar-refractivity contribution in [2.45, 2.75) is 271 Å². The number of ether oxygens (including phenoxy) is 3. The van der Waals surface area contributed by atoms with Crippen LogP contribution in [-0.2, 0) is 28.6 Å². The molecular formula is C59H102O6. The number of carbonyl (C=O) groups excluding carboxylic acids is 3. The average molecular weight is 907 g/mol. The standard InChI is InChI=1S/C59H102O6/c1-4-7-10-13-16-19-22-25-27-29-31-34-37-40-43-46-49-52-58(61)64-55-56(54-63-57(60)51-48-45-42-39-36-33-24-21-18-15-12-9-6-3)65-59(62)53-50-47-44-41-38-35-32-30-28-26-23-20-17-14-11-8-5-2/h16-17,19-21,24-28,31,34,56H,4-15,18,22-23,29-30,32-33,35-55H2,1-3H3/b19-16-,20-17-,24-21-,27-25-,28-26-,34-31-/t56-/m1/s1. The fourth-order valence-electron chi connectivity index (χ4n) is 7.47. The Labute approximate surface area is 402 Å². The Bertz CT molecular complexity index is 1230. The molecule has 0 bridgehead atoms. The van der Waals surface area contributed by atoms with Crippen LogP contribution in [0.15, 0.2) is 72.9 Å². The number of carbonyl (C=O) groups is 3. The molecule has 0 fully saturated rings. The lowest BCUT2D eigenvalue weighted by molar-refractivity contribution is -0.167. The first-order valence-electron chi connectivity index (χ1n) is 27.4. The Hall–Kier alpha value is -3.15. The predicted octanol–water partition coefficient (Wildman–Crippen LogP) is 18.2. The summed E-state index contributed by atoms with van der Waals surface area (Å²) >= 11 is 0. The van der Waals surface area contributed by atoms with E-state index in [1.54, 1.807) is 0 Å². The van der Waals surface area contributed by atoms with Gasteiger partial charge in [0.05, 0.1) is 0 Å². The summed E-state index contributed by atoms with van der Waals surface area (Å²) in [4.78, 5) is 38.1. The molecular weight excluding hydrogens is 805 g/mol. The van der Waals surface area contributed by atoms with Gasteiger partial charge in [-0.05, 0) is 116 Å². The molecule has 0 saturated carbocycles. The fourth-order valence-corrected chi connectivity index (χ4v) is 7.47. The summed E-state index contributed by atoms with van der Waals surface area (Å²) in [6.45, 7) is 6.55. The van der Waals surface area contributed by atoms with E-state index >= 15 is 0 Å². The predicted molar refractivity (Wildman–Crippen MR) is 279 cm³/mol. The second-order valence-corrected chi connectivity index (χ2v) is 18.1. The van der Waals surface area contributed by atoms with E-state index in [4.69, 9.17) is 14.2 Å². The lowest BCUT2D eigenvalue weighted by atomic mass is 10.1. The summed E-state index contributed by atoms with van der Waals surface area (Å²) in [5.41, 5.74) is 0. The molecule has 0 radical (unpaired) electrons. The van der Waals surface area contributed by atoms with Gasteiger partial charge in [0.1, 0.15) is 13.2 Å². The van der Waals surface area contributed by atoms with Crippen molar-refractivity contribution in [3.05, 3.63) is 72.9 Å². The van der Waals surface area contributed by atoms with Crippen LogP contribution < -0.4 is 0 Å². The summed E-state index contributed by atoms with van der Waals surface area (Å²) < 4.78 is 16.8. The third-order valence-electron chi connectivity index (χ3n) is 11.7. The van der Waals surface area contributed by atoms with Gasteiger partial charge >= 0.3 is 17.9 Å². The molecule has 65 heavy (non-hydrogen) atoms. The van der Waals surface area contributed by atoms with Crippen LogP contribution in [0.1, 0.15) is 265 Å². The third-order valence-corrected chi connectivity index (χ3v) is 11.7. The van der Waals surface area contributed by atoms with Crippen molar-refractivity contribution in [3.63, 3.8) is 0 Å². The van der Waals surface area contributed by atoms with E-state index in [1.165, 1.54) is 122 Å². The minimum atomic E-state index is -0.792. The van der Waals surface area contributed by atoms with Gasteiger partial charge in [0.25, 0.3) is 0 Å².